The SMILES string of the molecule is Cc1cc(C)n(-c2nc3c(c(=O)n2-c2ccc(NCC(C)O)nc2)C[C@@H](C)N(C(=O)c2ccc(Br)c(C(F)(F)F)c2)C3)n1. The fourth-order valence-electron chi connectivity index (χ4n) is 5.04. The third kappa shape index (κ3) is 6.07. The molecule has 1 amide bonds. The Morgan fingerprint density at radius 3 is 2.56 bits per heavy atom. The minimum Gasteiger partial charge on any atom is -0.392 e. The van der Waals surface area contributed by atoms with E-state index in [-0.39, 0.29) is 34.5 Å². The summed E-state index contributed by atoms with van der Waals surface area (Å²) in [4.78, 5) is 38.2. The van der Waals surface area contributed by atoms with Gasteiger partial charge in [0.05, 0.1) is 41.5 Å². The summed E-state index contributed by atoms with van der Waals surface area (Å²) in [6, 6.07) is 8.10. The van der Waals surface area contributed by atoms with Crippen molar-refractivity contribution in [1.29, 1.82) is 0 Å². The van der Waals surface area contributed by atoms with Crippen molar-refractivity contribution in [2.45, 2.75) is 59.0 Å². The number of pyridine rings is 1. The van der Waals surface area contributed by atoms with Gasteiger partial charge in [0, 0.05) is 33.9 Å². The molecule has 1 aromatic carbocycles. The van der Waals surface area contributed by atoms with Crippen molar-refractivity contribution in [3.05, 3.63) is 91.2 Å². The number of benzene rings is 1. The molecule has 2 atom stereocenters. The van der Waals surface area contributed by atoms with Crippen LogP contribution in [0.3, 0.4) is 0 Å². The summed E-state index contributed by atoms with van der Waals surface area (Å²) >= 11 is 2.92. The van der Waals surface area contributed by atoms with Gasteiger partial charge in [-0.3, -0.25) is 9.59 Å². The van der Waals surface area contributed by atoms with Crippen LogP contribution in [-0.2, 0) is 19.1 Å². The van der Waals surface area contributed by atoms with Gasteiger partial charge in [-0.05, 0) is 70.5 Å². The molecule has 0 saturated carbocycles. The van der Waals surface area contributed by atoms with Gasteiger partial charge in [0.25, 0.3) is 11.5 Å². The molecule has 1 aliphatic heterocycles. The number of nitrogens with zero attached hydrogens (tertiary/aromatic N) is 6. The molecule has 1 aliphatic rings. The lowest BCUT2D eigenvalue weighted by Gasteiger charge is -2.34. The summed E-state index contributed by atoms with van der Waals surface area (Å²) in [6.45, 7) is 7.25. The molecule has 0 radical (unpaired) electrons. The zero-order chi connectivity index (χ0) is 31.2. The van der Waals surface area contributed by atoms with Crippen LogP contribution in [0, 0.1) is 13.8 Å². The maximum atomic E-state index is 14.1. The first kappa shape index (κ1) is 30.4. The number of hydrogen-bond acceptors (Lipinski definition) is 7. The van der Waals surface area contributed by atoms with Crippen molar-refractivity contribution >= 4 is 27.7 Å². The number of aliphatic hydroxyl groups is 1. The van der Waals surface area contributed by atoms with E-state index in [4.69, 9.17) is 4.98 Å². The molecule has 0 saturated heterocycles. The van der Waals surface area contributed by atoms with Crippen LogP contribution >= 0.6 is 15.9 Å². The third-order valence-corrected chi connectivity index (χ3v) is 7.85. The highest BCUT2D eigenvalue weighted by Gasteiger charge is 2.36. The molecule has 0 spiro atoms. The van der Waals surface area contributed by atoms with Gasteiger partial charge in [-0.15, -0.1) is 0 Å². The fourth-order valence-corrected chi connectivity index (χ4v) is 5.51. The van der Waals surface area contributed by atoms with Crippen LogP contribution in [0.4, 0.5) is 19.0 Å². The first-order chi connectivity index (χ1) is 20.2. The fraction of sp³-hybridized carbons (Fsp3) is 0.345. The molecule has 0 aliphatic carbocycles. The number of fused-ring (bicyclic) bond motifs is 1. The van der Waals surface area contributed by atoms with Gasteiger partial charge in [0.15, 0.2) is 0 Å². The van der Waals surface area contributed by atoms with Crippen LogP contribution < -0.4 is 10.9 Å². The zero-order valence-corrected chi connectivity index (χ0v) is 25.4. The number of nitrogens with one attached hydrogen (secondary N) is 1. The number of carbonyl (C=O) groups is 1. The van der Waals surface area contributed by atoms with Crippen LogP contribution in [0.1, 0.15) is 52.4 Å². The topological polar surface area (TPSA) is 118 Å². The molecule has 0 fully saturated rings. The second-order valence-corrected chi connectivity index (χ2v) is 11.5. The maximum Gasteiger partial charge on any atom is 0.417 e. The summed E-state index contributed by atoms with van der Waals surface area (Å²) in [5, 5.41) is 17.1. The standard InChI is InChI=1S/C29H29BrF3N7O3/c1-15-9-17(3)40(37-15)28-36-24-14-38(26(42)19-5-7-23(30)22(11-19)29(31,32)33)16(2)10-21(24)27(43)39(28)20-6-8-25(35-13-20)34-12-18(4)41/h5-9,11,13,16,18,41H,10,12,14H2,1-4H3,(H,34,35)/t16-,18?/m1/s1. The smallest absolute Gasteiger partial charge is 0.392 e. The molecule has 43 heavy (non-hydrogen) atoms. The Kier molecular flexibility index (Phi) is 8.18. The van der Waals surface area contributed by atoms with E-state index >= 15 is 0 Å². The molecule has 2 N–H and O–H groups in total. The summed E-state index contributed by atoms with van der Waals surface area (Å²) in [5.41, 5.74) is 1.16. The Morgan fingerprint density at radius 1 is 1.21 bits per heavy atom. The lowest BCUT2D eigenvalue weighted by Crippen LogP contribution is -2.46. The van der Waals surface area contributed by atoms with E-state index in [1.54, 1.807) is 26.0 Å². The number of amides is 1. The van der Waals surface area contributed by atoms with E-state index in [0.717, 1.165) is 6.07 Å². The Hall–Kier alpha value is -4.04. The van der Waals surface area contributed by atoms with Crippen molar-refractivity contribution in [2.24, 2.45) is 0 Å². The van der Waals surface area contributed by atoms with Gasteiger partial charge in [-0.25, -0.2) is 19.2 Å². The molecule has 0 bridgehead atoms. The van der Waals surface area contributed by atoms with Crippen molar-refractivity contribution in [3.8, 4) is 11.6 Å². The summed E-state index contributed by atoms with van der Waals surface area (Å²) in [5.74, 6) is 0.103. The third-order valence-electron chi connectivity index (χ3n) is 7.16. The number of halogens is 4. The van der Waals surface area contributed by atoms with Gasteiger partial charge < -0.3 is 15.3 Å². The Balaban J connectivity index is 1.58. The van der Waals surface area contributed by atoms with Gasteiger partial charge in [-0.1, -0.05) is 15.9 Å². The molecule has 226 valence electrons. The second-order valence-electron chi connectivity index (χ2n) is 10.6. The summed E-state index contributed by atoms with van der Waals surface area (Å²) < 4.78 is 43.4. The minimum absolute atomic E-state index is 0.0738. The number of aliphatic hydroxyl groups excluding tert-OH is 1. The van der Waals surface area contributed by atoms with Crippen LogP contribution in [0.25, 0.3) is 11.6 Å². The Bertz CT molecular complexity index is 1750. The van der Waals surface area contributed by atoms with Gasteiger partial charge in [-0.2, -0.15) is 18.3 Å². The molecule has 3 aromatic heterocycles. The van der Waals surface area contributed by atoms with Crippen LogP contribution in [-0.4, -0.2) is 58.9 Å². The molecular formula is C29H29BrF3N7O3. The first-order valence-corrected chi connectivity index (χ1v) is 14.3. The summed E-state index contributed by atoms with van der Waals surface area (Å²) in [7, 11) is 0. The first-order valence-electron chi connectivity index (χ1n) is 13.5. The van der Waals surface area contributed by atoms with Gasteiger partial charge in [0.2, 0.25) is 5.95 Å². The Labute approximate surface area is 253 Å². The predicted octanol–water partition coefficient (Wildman–Crippen LogP) is 4.59. The largest absolute Gasteiger partial charge is 0.417 e. The highest BCUT2D eigenvalue weighted by molar-refractivity contribution is 9.10. The van der Waals surface area contributed by atoms with E-state index < -0.39 is 29.8 Å². The average Bonchev–Trinajstić information content (AvgIpc) is 3.28. The quantitative estimate of drug-likeness (QED) is 0.311. The number of carbonyl (C=O) groups excluding carboxylic acids is 1. The van der Waals surface area contributed by atoms with E-state index in [2.05, 4.69) is 31.3 Å². The Morgan fingerprint density at radius 2 is 1.95 bits per heavy atom. The molecule has 4 heterocycles. The van der Waals surface area contributed by atoms with E-state index in [1.165, 1.54) is 32.5 Å². The van der Waals surface area contributed by atoms with Gasteiger partial charge in [0.1, 0.15) is 5.82 Å². The lowest BCUT2D eigenvalue weighted by molar-refractivity contribution is -0.138. The van der Waals surface area contributed by atoms with Crippen LogP contribution in [0.15, 0.2) is 51.9 Å². The van der Waals surface area contributed by atoms with E-state index in [0.29, 0.717) is 40.7 Å². The highest BCUT2D eigenvalue weighted by atomic mass is 79.9. The van der Waals surface area contributed by atoms with Crippen molar-refractivity contribution in [3.63, 3.8) is 0 Å². The van der Waals surface area contributed by atoms with Crippen LogP contribution in [0.5, 0.6) is 0 Å². The predicted molar refractivity (Wildman–Crippen MR) is 157 cm³/mol. The van der Waals surface area contributed by atoms with Crippen molar-refractivity contribution in [2.75, 3.05) is 11.9 Å². The number of alkyl halides is 3. The van der Waals surface area contributed by atoms with Gasteiger partial charge >= 0.3 is 6.18 Å². The molecule has 1 unspecified atom stereocenters. The number of anilines is 1. The zero-order valence-electron chi connectivity index (χ0n) is 23.8. The lowest BCUT2D eigenvalue weighted by atomic mass is 9.98. The maximum absolute atomic E-state index is 14.1. The molecule has 14 heteroatoms. The second kappa shape index (κ2) is 11.6. The number of aryl methyl sites for hydroxylation is 2. The highest BCUT2D eigenvalue weighted by Crippen LogP contribution is 2.36. The summed E-state index contributed by atoms with van der Waals surface area (Å²) in [6.07, 6.45) is -3.55. The average molecular weight is 660 g/mol. The molecule has 5 rings (SSSR count). The molecular weight excluding hydrogens is 631 g/mol. The number of hydrogen-bond donors (Lipinski definition) is 2. The van der Waals surface area contributed by atoms with Crippen molar-refractivity contribution in [1.82, 2.24) is 29.2 Å². The normalized spacial score (nSPS) is 15.7. The molecule has 10 nitrogen and oxygen atoms in total. The van der Waals surface area contributed by atoms with E-state index in [1.807, 2.05) is 19.9 Å². The monoisotopic (exact) mass is 659 g/mol. The number of rotatable bonds is 6. The number of aromatic nitrogens is 5. The van der Waals surface area contributed by atoms with E-state index in [9.17, 15) is 27.9 Å². The molecule has 4 aromatic rings. The van der Waals surface area contributed by atoms with Crippen LogP contribution in [0.2, 0.25) is 0 Å². The van der Waals surface area contributed by atoms with Crippen molar-refractivity contribution < 1.29 is 23.1 Å². The minimum atomic E-state index is -4.64.